The number of aryl methyl sites for hydroxylation is 1. The van der Waals surface area contributed by atoms with Crippen LogP contribution in [0.5, 0.6) is 0 Å². The van der Waals surface area contributed by atoms with Crippen molar-refractivity contribution >= 4 is 28.2 Å². The number of fused-ring (bicyclic) bond motifs is 1. The van der Waals surface area contributed by atoms with Crippen molar-refractivity contribution in [3.63, 3.8) is 0 Å². The van der Waals surface area contributed by atoms with Gasteiger partial charge in [-0.05, 0) is 25.1 Å². The van der Waals surface area contributed by atoms with Crippen molar-refractivity contribution in [2.45, 2.75) is 6.92 Å². The zero-order chi connectivity index (χ0) is 9.42. The average molecular weight is 193 g/mol. The van der Waals surface area contributed by atoms with E-state index < -0.39 is 0 Å². The molecule has 1 aromatic carbocycles. The fraction of sp³-hybridized carbons (Fsp3) is 0.100. The molecule has 2 nitrogen and oxygen atoms in total. The first kappa shape index (κ1) is 8.32. The molecule has 0 unspecified atom stereocenters. The second kappa shape index (κ2) is 2.89. The van der Waals surface area contributed by atoms with Gasteiger partial charge in [-0.2, -0.15) is 0 Å². The van der Waals surface area contributed by atoms with E-state index in [1.54, 1.807) is 6.07 Å². The molecule has 2 N–H and O–H groups in total. The molecule has 0 aliphatic carbocycles. The Morgan fingerprint density at radius 2 is 2.08 bits per heavy atom. The summed E-state index contributed by atoms with van der Waals surface area (Å²) in [5.74, 6) is 0. The molecule has 0 aliphatic heterocycles. The summed E-state index contributed by atoms with van der Waals surface area (Å²) in [6, 6.07) is 7.50. The highest BCUT2D eigenvalue weighted by molar-refractivity contribution is 6.35. The van der Waals surface area contributed by atoms with Gasteiger partial charge in [-0.1, -0.05) is 17.7 Å². The summed E-state index contributed by atoms with van der Waals surface area (Å²) < 4.78 is 0. The Bertz CT molecular complexity index is 466. The average Bonchev–Trinajstić information content (AvgIpc) is 2.06. The Labute approximate surface area is 81.3 Å². The molecule has 1 aromatic heterocycles. The van der Waals surface area contributed by atoms with Crippen LogP contribution in [0.4, 0.5) is 5.69 Å². The summed E-state index contributed by atoms with van der Waals surface area (Å²) in [5, 5.41) is 1.59. The Kier molecular flexibility index (Phi) is 1.85. The molecule has 2 rings (SSSR count). The van der Waals surface area contributed by atoms with Crippen LogP contribution in [0.1, 0.15) is 5.69 Å². The van der Waals surface area contributed by atoms with Crippen LogP contribution in [0.15, 0.2) is 24.3 Å². The molecule has 0 aliphatic rings. The fourth-order valence-corrected chi connectivity index (χ4v) is 1.59. The van der Waals surface area contributed by atoms with E-state index in [1.165, 1.54) is 0 Å². The van der Waals surface area contributed by atoms with Crippen molar-refractivity contribution < 1.29 is 0 Å². The standard InChI is InChI=1S/C10H9ClN2/c1-6-2-3-7-4-8(12)5-9(11)10(7)13-6/h2-5H,12H2,1H3. The highest BCUT2D eigenvalue weighted by Crippen LogP contribution is 2.24. The molecule has 0 radical (unpaired) electrons. The summed E-state index contributed by atoms with van der Waals surface area (Å²) in [6.45, 7) is 1.94. The van der Waals surface area contributed by atoms with E-state index in [-0.39, 0.29) is 0 Å². The molecular formula is C10H9ClN2. The normalized spacial score (nSPS) is 10.6. The van der Waals surface area contributed by atoms with Crippen LogP contribution < -0.4 is 5.73 Å². The van der Waals surface area contributed by atoms with Gasteiger partial charge in [0.15, 0.2) is 0 Å². The Morgan fingerprint density at radius 1 is 1.31 bits per heavy atom. The zero-order valence-electron chi connectivity index (χ0n) is 7.21. The summed E-state index contributed by atoms with van der Waals surface area (Å²) in [6.07, 6.45) is 0. The van der Waals surface area contributed by atoms with Crippen LogP contribution in [0.25, 0.3) is 10.9 Å². The Morgan fingerprint density at radius 3 is 2.85 bits per heavy atom. The monoisotopic (exact) mass is 192 g/mol. The lowest BCUT2D eigenvalue weighted by molar-refractivity contribution is 1.26. The molecular weight excluding hydrogens is 184 g/mol. The van der Waals surface area contributed by atoms with Crippen LogP contribution in [0.2, 0.25) is 5.02 Å². The molecule has 0 saturated heterocycles. The van der Waals surface area contributed by atoms with E-state index in [1.807, 2.05) is 25.1 Å². The summed E-state index contributed by atoms with van der Waals surface area (Å²) >= 11 is 5.99. The van der Waals surface area contributed by atoms with Gasteiger partial charge >= 0.3 is 0 Å². The van der Waals surface area contributed by atoms with E-state index in [2.05, 4.69) is 4.98 Å². The second-order valence-corrected chi connectivity index (χ2v) is 3.43. The van der Waals surface area contributed by atoms with Gasteiger partial charge in [-0.25, -0.2) is 0 Å². The highest BCUT2D eigenvalue weighted by Gasteiger charge is 2.01. The lowest BCUT2D eigenvalue weighted by atomic mass is 10.2. The number of pyridine rings is 1. The van der Waals surface area contributed by atoms with Crippen molar-refractivity contribution in [1.29, 1.82) is 0 Å². The van der Waals surface area contributed by atoms with Gasteiger partial charge in [0.25, 0.3) is 0 Å². The number of halogens is 1. The second-order valence-electron chi connectivity index (χ2n) is 3.03. The molecule has 0 amide bonds. The van der Waals surface area contributed by atoms with Crippen molar-refractivity contribution in [2.75, 3.05) is 5.73 Å². The minimum Gasteiger partial charge on any atom is -0.399 e. The summed E-state index contributed by atoms with van der Waals surface area (Å²) in [5.41, 5.74) is 8.09. The maximum Gasteiger partial charge on any atom is 0.0892 e. The van der Waals surface area contributed by atoms with Crippen LogP contribution in [-0.4, -0.2) is 4.98 Å². The minimum atomic E-state index is 0.610. The van der Waals surface area contributed by atoms with Gasteiger partial charge in [0, 0.05) is 16.8 Å². The zero-order valence-corrected chi connectivity index (χ0v) is 7.97. The molecule has 0 bridgehead atoms. The van der Waals surface area contributed by atoms with Gasteiger partial charge in [-0.15, -0.1) is 0 Å². The van der Waals surface area contributed by atoms with Crippen molar-refractivity contribution in [3.05, 3.63) is 35.0 Å². The van der Waals surface area contributed by atoms with E-state index in [9.17, 15) is 0 Å². The molecule has 0 spiro atoms. The number of nitrogens with zero attached hydrogens (tertiary/aromatic N) is 1. The number of rotatable bonds is 0. The fourth-order valence-electron chi connectivity index (χ4n) is 1.31. The van der Waals surface area contributed by atoms with Crippen LogP contribution in [0.3, 0.4) is 0 Å². The first-order valence-electron chi connectivity index (χ1n) is 3.99. The Balaban J connectivity index is 2.87. The lowest BCUT2D eigenvalue weighted by Gasteiger charge is -2.02. The van der Waals surface area contributed by atoms with Gasteiger partial charge < -0.3 is 5.73 Å². The molecule has 66 valence electrons. The number of anilines is 1. The van der Waals surface area contributed by atoms with Crippen molar-refractivity contribution in [3.8, 4) is 0 Å². The number of aromatic nitrogens is 1. The number of hydrogen-bond donors (Lipinski definition) is 1. The maximum absolute atomic E-state index is 5.99. The van der Waals surface area contributed by atoms with Gasteiger partial charge in [0.2, 0.25) is 0 Å². The molecule has 0 saturated carbocycles. The number of nitrogens with two attached hydrogens (primary N) is 1. The number of benzene rings is 1. The van der Waals surface area contributed by atoms with E-state index in [4.69, 9.17) is 17.3 Å². The predicted molar refractivity (Wildman–Crippen MR) is 55.9 cm³/mol. The van der Waals surface area contributed by atoms with Crippen molar-refractivity contribution in [1.82, 2.24) is 4.98 Å². The number of hydrogen-bond acceptors (Lipinski definition) is 2. The third kappa shape index (κ3) is 1.45. The van der Waals surface area contributed by atoms with E-state index in [0.717, 1.165) is 16.6 Å². The van der Waals surface area contributed by atoms with Gasteiger partial charge in [-0.3, -0.25) is 4.98 Å². The van der Waals surface area contributed by atoms with Crippen LogP contribution in [0, 0.1) is 6.92 Å². The Hall–Kier alpha value is -1.28. The molecule has 2 aromatic rings. The lowest BCUT2D eigenvalue weighted by Crippen LogP contribution is -1.88. The first-order chi connectivity index (χ1) is 6.16. The quantitative estimate of drug-likeness (QED) is 0.652. The predicted octanol–water partition coefficient (Wildman–Crippen LogP) is 2.78. The number of nitrogen functional groups attached to an aromatic ring is 1. The summed E-state index contributed by atoms with van der Waals surface area (Å²) in [7, 11) is 0. The van der Waals surface area contributed by atoms with Gasteiger partial charge in [0.05, 0.1) is 10.5 Å². The third-order valence-electron chi connectivity index (χ3n) is 1.91. The topological polar surface area (TPSA) is 38.9 Å². The smallest absolute Gasteiger partial charge is 0.0892 e. The molecule has 0 fully saturated rings. The maximum atomic E-state index is 5.99. The molecule has 1 heterocycles. The molecule has 3 heteroatoms. The minimum absolute atomic E-state index is 0.610. The SMILES string of the molecule is Cc1ccc2cc(N)cc(Cl)c2n1. The van der Waals surface area contributed by atoms with E-state index in [0.29, 0.717) is 10.7 Å². The largest absolute Gasteiger partial charge is 0.399 e. The van der Waals surface area contributed by atoms with Crippen LogP contribution >= 0.6 is 11.6 Å². The molecule has 0 atom stereocenters. The highest BCUT2D eigenvalue weighted by atomic mass is 35.5. The van der Waals surface area contributed by atoms with Gasteiger partial charge in [0.1, 0.15) is 0 Å². The molecule has 13 heavy (non-hydrogen) atoms. The first-order valence-corrected chi connectivity index (χ1v) is 4.37. The third-order valence-corrected chi connectivity index (χ3v) is 2.20. The van der Waals surface area contributed by atoms with E-state index >= 15 is 0 Å². The summed E-state index contributed by atoms with van der Waals surface area (Å²) in [4.78, 5) is 4.33. The van der Waals surface area contributed by atoms with Crippen molar-refractivity contribution in [2.24, 2.45) is 0 Å². The van der Waals surface area contributed by atoms with Crippen LogP contribution in [-0.2, 0) is 0 Å².